The Morgan fingerprint density at radius 1 is 1.33 bits per heavy atom. The Morgan fingerprint density at radius 3 is 2.67 bits per heavy atom. The Labute approximate surface area is 136 Å². The molecule has 21 heavy (non-hydrogen) atoms. The van der Waals surface area contributed by atoms with E-state index in [4.69, 9.17) is 0 Å². The maximum atomic E-state index is 13.3. The van der Waals surface area contributed by atoms with Gasteiger partial charge in [0.1, 0.15) is 5.82 Å². The molecular formula is C18H27BrFN. The molecule has 2 rings (SSSR count). The second kappa shape index (κ2) is 7.73. The molecule has 1 fully saturated rings. The van der Waals surface area contributed by atoms with Crippen LogP contribution in [0.1, 0.15) is 57.9 Å². The highest BCUT2D eigenvalue weighted by Crippen LogP contribution is 2.36. The molecule has 1 unspecified atom stereocenters. The number of hydrogen-bond acceptors (Lipinski definition) is 1. The number of hydrogen-bond donors (Lipinski definition) is 1. The minimum absolute atomic E-state index is 0.169. The summed E-state index contributed by atoms with van der Waals surface area (Å²) in [6.45, 7) is 5.63. The summed E-state index contributed by atoms with van der Waals surface area (Å²) in [5, 5.41) is 3.72. The summed E-state index contributed by atoms with van der Waals surface area (Å²) in [5.41, 5.74) is 1.52. The molecule has 1 aliphatic carbocycles. The third-order valence-corrected chi connectivity index (χ3v) is 5.47. The highest BCUT2D eigenvalue weighted by molar-refractivity contribution is 9.10. The largest absolute Gasteiger partial charge is 0.313 e. The van der Waals surface area contributed by atoms with E-state index in [1.54, 1.807) is 12.1 Å². The van der Waals surface area contributed by atoms with Gasteiger partial charge in [0.05, 0.1) is 0 Å². The first-order chi connectivity index (χ1) is 10.1. The smallest absolute Gasteiger partial charge is 0.124 e. The van der Waals surface area contributed by atoms with E-state index in [1.807, 2.05) is 6.07 Å². The molecule has 3 heteroatoms. The lowest BCUT2D eigenvalue weighted by molar-refractivity contribution is 0.228. The van der Waals surface area contributed by atoms with Crippen molar-refractivity contribution in [3.8, 4) is 0 Å². The maximum Gasteiger partial charge on any atom is 0.124 e. The van der Waals surface area contributed by atoms with Crippen molar-refractivity contribution in [1.82, 2.24) is 5.32 Å². The molecule has 0 spiro atoms. The average Bonchev–Trinajstić information content (AvgIpc) is 3.29. The van der Waals surface area contributed by atoms with Crippen LogP contribution in [-0.2, 0) is 6.42 Å². The SMILES string of the molecule is CCCCC(CC)(CNC1CC1)Cc1ccc(F)cc1Br. The Morgan fingerprint density at radius 2 is 2.10 bits per heavy atom. The van der Waals surface area contributed by atoms with Crippen LogP contribution in [0.15, 0.2) is 22.7 Å². The lowest BCUT2D eigenvalue weighted by Crippen LogP contribution is -2.37. The Balaban J connectivity index is 2.11. The molecule has 0 heterocycles. The predicted octanol–water partition coefficient (Wildman–Crippen LogP) is 5.47. The van der Waals surface area contributed by atoms with Crippen LogP contribution in [0.4, 0.5) is 4.39 Å². The van der Waals surface area contributed by atoms with Crippen LogP contribution in [-0.4, -0.2) is 12.6 Å². The highest BCUT2D eigenvalue weighted by atomic mass is 79.9. The zero-order valence-corrected chi connectivity index (χ0v) is 14.8. The van der Waals surface area contributed by atoms with Crippen molar-refractivity contribution in [1.29, 1.82) is 0 Å². The second-order valence-corrected chi connectivity index (χ2v) is 7.38. The minimum atomic E-state index is -0.169. The van der Waals surface area contributed by atoms with Crippen molar-refractivity contribution in [2.75, 3.05) is 6.54 Å². The van der Waals surface area contributed by atoms with Gasteiger partial charge in [0, 0.05) is 17.1 Å². The van der Waals surface area contributed by atoms with Gasteiger partial charge in [-0.05, 0) is 55.2 Å². The van der Waals surface area contributed by atoms with Crippen LogP contribution in [0, 0.1) is 11.2 Å². The Hall–Kier alpha value is -0.410. The van der Waals surface area contributed by atoms with E-state index >= 15 is 0 Å². The molecule has 0 amide bonds. The van der Waals surface area contributed by atoms with Gasteiger partial charge >= 0.3 is 0 Å². The molecule has 0 bridgehead atoms. The zero-order chi connectivity index (χ0) is 15.3. The van der Waals surface area contributed by atoms with E-state index in [0.717, 1.165) is 29.9 Å². The standard InChI is InChI=1S/C18H27BrFN/c1-3-5-10-18(4-2,13-21-16-8-9-16)12-14-6-7-15(20)11-17(14)19/h6-7,11,16,21H,3-5,8-10,12-13H2,1-2H3. The van der Waals surface area contributed by atoms with Crippen molar-refractivity contribution in [3.05, 3.63) is 34.1 Å². The molecule has 0 saturated heterocycles. The first-order valence-electron chi connectivity index (χ1n) is 8.26. The van der Waals surface area contributed by atoms with Gasteiger partial charge in [0.2, 0.25) is 0 Å². The molecular weight excluding hydrogens is 329 g/mol. The fourth-order valence-corrected chi connectivity index (χ4v) is 3.43. The van der Waals surface area contributed by atoms with E-state index in [-0.39, 0.29) is 5.82 Å². The van der Waals surface area contributed by atoms with Crippen LogP contribution in [0.3, 0.4) is 0 Å². The first kappa shape index (κ1) is 17.0. The molecule has 1 nitrogen and oxygen atoms in total. The molecule has 118 valence electrons. The summed E-state index contributed by atoms with van der Waals surface area (Å²) < 4.78 is 14.2. The highest BCUT2D eigenvalue weighted by Gasteiger charge is 2.31. The molecule has 1 N–H and O–H groups in total. The monoisotopic (exact) mass is 355 g/mol. The number of rotatable bonds is 9. The lowest BCUT2D eigenvalue weighted by atomic mass is 9.75. The zero-order valence-electron chi connectivity index (χ0n) is 13.2. The van der Waals surface area contributed by atoms with Gasteiger partial charge < -0.3 is 5.32 Å². The van der Waals surface area contributed by atoms with E-state index in [2.05, 4.69) is 35.1 Å². The van der Waals surface area contributed by atoms with Crippen LogP contribution in [0.25, 0.3) is 0 Å². The third kappa shape index (κ3) is 5.07. The molecule has 0 aromatic heterocycles. The number of halogens is 2. The Kier molecular flexibility index (Phi) is 6.24. The van der Waals surface area contributed by atoms with Crippen LogP contribution in [0.2, 0.25) is 0 Å². The van der Waals surface area contributed by atoms with Crippen LogP contribution in [0.5, 0.6) is 0 Å². The lowest BCUT2D eigenvalue weighted by Gasteiger charge is -2.34. The van der Waals surface area contributed by atoms with Gasteiger partial charge in [-0.3, -0.25) is 0 Å². The predicted molar refractivity (Wildman–Crippen MR) is 91.1 cm³/mol. The van der Waals surface area contributed by atoms with E-state index < -0.39 is 0 Å². The summed E-state index contributed by atoms with van der Waals surface area (Å²) in [5.74, 6) is -0.169. The molecule has 1 aromatic carbocycles. The van der Waals surface area contributed by atoms with Gasteiger partial charge in [-0.1, -0.05) is 48.7 Å². The van der Waals surface area contributed by atoms with Crippen molar-refractivity contribution in [3.63, 3.8) is 0 Å². The number of benzene rings is 1. The van der Waals surface area contributed by atoms with Crippen LogP contribution < -0.4 is 5.32 Å². The maximum absolute atomic E-state index is 13.3. The van der Waals surface area contributed by atoms with E-state index in [0.29, 0.717) is 5.41 Å². The average molecular weight is 356 g/mol. The quantitative estimate of drug-likeness (QED) is 0.619. The van der Waals surface area contributed by atoms with Crippen LogP contribution >= 0.6 is 15.9 Å². The summed E-state index contributed by atoms with van der Waals surface area (Å²) in [6.07, 6.45) is 8.57. The van der Waals surface area contributed by atoms with Crippen molar-refractivity contribution in [2.24, 2.45) is 5.41 Å². The van der Waals surface area contributed by atoms with E-state index in [1.165, 1.54) is 37.7 Å². The van der Waals surface area contributed by atoms with Gasteiger partial charge in [-0.2, -0.15) is 0 Å². The van der Waals surface area contributed by atoms with Gasteiger partial charge in [0.15, 0.2) is 0 Å². The molecule has 0 aliphatic heterocycles. The van der Waals surface area contributed by atoms with Crippen molar-refractivity contribution < 1.29 is 4.39 Å². The van der Waals surface area contributed by atoms with Crippen molar-refractivity contribution >= 4 is 15.9 Å². The second-order valence-electron chi connectivity index (χ2n) is 6.52. The van der Waals surface area contributed by atoms with Gasteiger partial charge in [-0.15, -0.1) is 0 Å². The normalized spacial score (nSPS) is 17.7. The summed E-state index contributed by atoms with van der Waals surface area (Å²) in [4.78, 5) is 0. The fraction of sp³-hybridized carbons (Fsp3) is 0.667. The molecule has 1 saturated carbocycles. The third-order valence-electron chi connectivity index (χ3n) is 4.73. The Bertz CT molecular complexity index is 459. The molecule has 1 aliphatic rings. The molecule has 0 radical (unpaired) electrons. The minimum Gasteiger partial charge on any atom is -0.313 e. The molecule has 1 aromatic rings. The van der Waals surface area contributed by atoms with Crippen molar-refractivity contribution in [2.45, 2.75) is 64.8 Å². The summed E-state index contributed by atoms with van der Waals surface area (Å²) in [7, 11) is 0. The topological polar surface area (TPSA) is 12.0 Å². The van der Waals surface area contributed by atoms with Gasteiger partial charge in [0.25, 0.3) is 0 Å². The van der Waals surface area contributed by atoms with Gasteiger partial charge in [-0.25, -0.2) is 4.39 Å². The number of unbranched alkanes of at least 4 members (excludes halogenated alkanes) is 1. The fourth-order valence-electron chi connectivity index (χ4n) is 2.94. The summed E-state index contributed by atoms with van der Waals surface area (Å²) >= 11 is 3.53. The summed E-state index contributed by atoms with van der Waals surface area (Å²) in [6, 6.07) is 5.85. The molecule has 1 atom stereocenters. The van der Waals surface area contributed by atoms with E-state index in [9.17, 15) is 4.39 Å². The number of nitrogens with one attached hydrogen (secondary N) is 1. The first-order valence-corrected chi connectivity index (χ1v) is 9.05.